The van der Waals surface area contributed by atoms with E-state index >= 15 is 0 Å². The zero-order chi connectivity index (χ0) is 15.6. The van der Waals surface area contributed by atoms with Crippen LogP contribution in [0.1, 0.15) is 10.4 Å². The van der Waals surface area contributed by atoms with Gasteiger partial charge in [-0.15, -0.1) is 0 Å². The molecule has 0 amide bonds. The summed E-state index contributed by atoms with van der Waals surface area (Å²) >= 11 is 15.0. The Morgan fingerprint density at radius 1 is 1.19 bits per heavy atom. The Labute approximate surface area is 137 Å². The molecule has 2 aromatic rings. The van der Waals surface area contributed by atoms with E-state index in [1.807, 2.05) is 0 Å². The highest BCUT2D eigenvalue weighted by molar-refractivity contribution is 9.10. The minimum absolute atomic E-state index is 0.114. The summed E-state index contributed by atoms with van der Waals surface area (Å²) in [5, 5.41) is 11.1. The lowest BCUT2D eigenvalue weighted by Gasteiger charge is -2.08. The van der Waals surface area contributed by atoms with E-state index in [0.717, 1.165) is 0 Å². The second kappa shape index (κ2) is 6.43. The summed E-state index contributed by atoms with van der Waals surface area (Å²) in [6.45, 7) is 0. The standard InChI is InChI=1S/C13H6BrCl2NO4/c14-10-5-8(15)6-11(16)12(10)21-13(18)7-1-3-9(4-2-7)17(19)20/h1-6H. The van der Waals surface area contributed by atoms with Crippen LogP contribution in [-0.4, -0.2) is 10.9 Å². The largest absolute Gasteiger partial charge is 0.420 e. The Balaban J connectivity index is 2.24. The minimum atomic E-state index is -0.685. The van der Waals surface area contributed by atoms with Crippen molar-refractivity contribution < 1.29 is 14.5 Å². The van der Waals surface area contributed by atoms with Crippen molar-refractivity contribution in [2.45, 2.75) is 0 Å². The molecule has 8 heteroatoms. The van der Waals surface area contributed by atoms with Gasteiger partial charge in [-0.05, 0) is 40.2 Å². The molecule has 5 nitrogen and oxygen atoms in total. The van der Waals surface area contributed by atoms with Crippen LogP contribution in [0.3, 0.4) is 0 Å². The van der Waals surface area contributed by atoms with Gasteiger partial charge in [-0.25, -0.2) is 4.79 Å². The quantitative estimate of drug-likeness (QED) is 0.324. The van der Waals surface area contributed by atoms with Gasteiger partial charge in [0.2, 0.25) is 0 Å². The second-order valence-corrected chi connectivity index (χ2v) is 5.59. The van der Waals surface area contributed by atoms with Crippen molar-refractivity contribution in [3.05, 3.63) is 66.6 Å². The molecule has 108 valence electrons. The van der Waals surface area contributed by atoms with Crippen LogP contribution in [-0.2, 0) is 0 Å². The lowest BCUT2D eigenvalue weighted by molar-refractivity contribution is -0.384. The Kier molecular flexibility index (Phi) is 4.82. The Morgan fingerprint density at radius 2 is 1.81 bits per heavy atom. The second-order valence-electron chi connectivity index (χ2n) is 3.89. The Bertz CT molecular complexity index is 696. The number of rotatable bonds is 3. The first-order chi connectivity index (χ1) is 9.88. The molecule has 0 aromatic heterocycles. The number of ether oxygens (including phenoxy) is 1. The van der Waals surface area contributed by atoms with Gasteiger partial charge in [0, 0.05) is 17.2 Å². The molecular weight excluding hydrogens is 385 g/mol. The summed E-state index contributed by atoms with van der Waals surface area (Å²) in [5.41, 5.74) is 0.0516. The fourth-order valence-corrected chi connectivity index (χ4v) is 2.82. The van der Waals surface area contributed by atoms with Crippen molar-refractivity contribution >= 4 is 50.8 Å². The van der Waals surface area contributed by atoms with Crippen molar-refractivity contribution in [1.82, 2.24) is 0 Å². The molecular formula is C13H6BrCl2NO4. The number of esters is 1. The number of nitrogens with zero attached hydrogens (tertiary/aromatic N) is 1. The summed E-state index contributed by atoms with van der Waals surface area (Å²) in [5.74, 6) is -0.556. The highest BCUT2D eigenvalue weighted by Gasteiger charge is 2.16. The van der Waals surface area contributed by atoms with E-state index in [-0.39, 0.29) is 22.0 Å². The van der Waals surface area contributed by atoms with Crippen molar-refractivity contribution in [3.8, 4) is 5.75 Å². The van der Waals surface area contributed by atoms with E-state index in [9.17, 15) is 14.9 Å². The SMILES string of the molecule is O=C(Oc1c(Cl)cc(Cl)cc1Br)c1ccc([N+](=O)[O-])cc1. The van der Waals surface area contributed by atoms with E-state index in [2.05, 4.69) is 15.9 Å². The average Bonchev–Trinajstić information content (AvgIpc) is 2.42. The van der Waals surface area contributed by atoms with E-state index in [4.69, 9.17) is 27.9 Å². The summed E-state index contributed by atoms with van der Waals surface area (Å²) < 4.78 is 5.60. The predicted molar refractivity (Wildman–Crippen MR) is 82.2 cm³/mol. The van der Waals surface area contributed by atoms with E-state index in [0.29, 0.717) is 9.50 Å². The van der Waals surface area contributed by atoms with E-state index in [1.165, 1.54) is 36.4 Å². The molecule has 21 heavy (non-hydrogen) atoms. The molecule has 0 aliphatic rings. The maximum Gasteiger partial charge on any atom is 0.343 e. The molecule has 0 aliphatic carbocycles. The van der Waals surface area contributed by atoms with E-state index < -0.39 is 10.9 Å². The highest BCUT2D eigenvalue weighted by Crippen LogP contribution is 2.36. The minimum Gasteiger partial charge on any atom is -0.420 e. The van der Waals surface area contributed by atoms with Gasteiger partial charge in [-0.3, -0.25) is 10.1 Å². The molecule has 2 aromatic carbocycles. The van der Waals surface area contributed by atoms with Crippen molar-refractivity contribution in [1.29, 1.82) is 0 Å². The van der Waals surface area contributed by atoms with Crippen LogP contribution < -0.4 is 4.74 Å². The molecule has 0 heterocycles. The summed E-state index contributed by atoms with van der Waals surface area (Å²) in [6, 6.07) is 8.01. The average molecular weight is 391 g/mol. The number of halogens is 3. The number of nitro groups is 1. The van der Waals surface area contributed by atoms with Gasteiger partial charge in [-0.1, -0.05) is 23.2 Å². The number of carbonyl (C=O) groups is 1. The Hall–Kier alpha value is -1.63. The van der Waals surface area contributed by atoms with Crippen LogP contribution in [0.5, 0.6) is 5.75 Å². The fourth-order valence-electron chi connectivity index (χ4n) is 1.50. The molecule has 0 fully saturated rings. The van der Waals surface area contributed by atoms with Crippen LogP contribution in [0, 0.1) is 10.1 Å². The number of benzene rings is 2. The molecule has 0 saturated carbocycles. The van der Waals surface area contributed by atoms with Gasteiger partial charge in [0.15, 0.2) is 5.75 Å². The smallest absolute Gasteiger partial charge is 0.343 e. The van der Waals surface area contributed by atoms with Crippen LogP contribution in [0.25, 0.3) is 0 Å². The third kappa shape index (κ3) is 3.72. The fraction of sp³-hybridized carbons (Fsp3) is 0. The maximum absolute atomic E-state index is 12.0. The van der Waals surface area contributed by atoms with Gasteiger partial charge in [0.1, 0.15) is 0 Å². The van der Waals surface area contributed by atoms with Gasteiger partial charge in [0.25, 0.3) is 5.69 Å². The number of nitro benzene ring substituents is 1. The normalized spacial score (nSPS) is 10.2. The van der Waals surface area contributed by atoms with Gasteiger partial charge >= 0.3 is 5.97 Å². The molecule has 0 bridgehead atoms. The number of non-ortho nitro benzene ring substituents is 1. The predicted octanol–water partition coefficient (Wildman–Crippen LogP) is 4.88. The third-order valence-corrected chi connectivity index (χ3v) is 3.56. The molecule has 0 saturated heterocycles. The monoisotopic (exact) mass is 389 g/mol. The third-order valence-electron chi connectivity index (χ3n) is 2.47. The van der Waals surface area contributed by atoms with Crippen LogP contribution in [0.15, 0.2) is 40.9 Å². The van der Waals surface area contributed by atoms with Crippen molar-refractivity contribution in [3.63, 3.8) is 0 Å². The topological polar surface area (TPSA) is 69.4 Å². The number of hydrogen-bond donors (Lipinski definition) is 0. The van der Waals surface area contributed by atoms with E-state index in [1.54, 1.807) is 0 Å². The molecule has 2 rings (SSSR count). The zero-order valence-corrected chi connectivity index (χ0v) is 13.3. The first-order valence-corrected chi connectivity index (χ1v) is 7.04. The highest BCUT2D eigenvalue weighted by atomic mass is 79.9. The molecule has 0 radical (unpaired) electrons. The van der Waals surface area contributed by atoms with Crippen molar-refractivity contribution in [2.75, 3.05) is 0 Å². The zero-order valence-electron chi connectivity index (χ0n) is 10.2. The van der Waals surface area contributed by atoms with Crippen LogP contribution >= 0.6 is 39.1 Å². The summed E-state index contributed by atoms with van der Waals surface area (Å²) in [6.07, 6.45) is 0. The van der Waals surface area contributed by atoms with Crippen LogP contribution in [0.4, 0.5) is 5.69 Å². The van der Waals surface area contributed by atoms with Gasteiger partial charge in [-0.2, -0.15) is 0 Å². The molecule has 0 atom stereocenters. The summed E-state index contributed by atoms with van der Waals surface area (Å²) in [4.78, 5) is 22.0. The van der Waals surface area contributed by atoms with Gasteiger partial charge in [0.05, 0.1) is 20.0 Å². The molecule has 0 spiro atoms. The molecule has 0 N–H and O–H groups in total. The summed E-state index contributed by atoms with van der Waals surface area (Å²) in [7, 11) is 0. The Morgan fingerprint density at radius 3 is 2.33 bits per heavy atom. The molecule has 0 aliphatic heterocycles. The van der Waals surface area contributed by atoms with Crippen molar-refractivity contribution in [2.24, 2.45) is 0 Å². The number of carbonyl (C=O) groups excluding carboxylic acids is 1. The maximum atomic E-state index is 12.0. The van der Waals surface area contributed by atoms with Crippen LogP contribution in [0.2, 0.25) is 10.0 Å². The van der Waals surface area contributed by atoms with Gasteiger partial charge < -0.3 is 4.74 Å². The lowest BCUT2D eigenvalue weighted by atomic mass is 10.2. The lowest BCUT2D eigenvalue weighted by Crippen LogP contribution is -2.09. The first kappa shape index (κ1) is 15.8. The number of hydrogen-bond acceptors (Lipinski definition) is 4. The first-order valence-electron chi connectivity index (χ1n) is 5.49. The molecule has 0 unspecified atom stereocenters.